The third-order valence-electron chi connectivity index (χ3n) is 4.27. The molecule has 0 saturated heterocycles. The Bertz CT molecular complexity index is 950. The number of carbonyl (C=O) groups is 1. The van der Waals surface area contributed by atoms with Gasteiger partial charge in [0.15, 0.2) is 11.5 Å². The Labute approximate surface area is 170 Å². The zero-order chi connectivity index (χ0) is 20.6. The van der Waals surface area contributed by atoms with Gasteiger partial charge >= 0.3 is 0 Å². The average Bonchev–Trinajstić information content (AvgIpc) is 2.77. The summed E-state index contributed by atoms with van der Waals surface area (Å²) in [5.41, 5.74) is 2.05. The first-order valence-electron chi connectivity index (χ1n) is 9.02. The zero-order valence-corrected chi connectivity index (χ0v) is 16.6. The Morgan fingerprint density at radius 2 is 1.48 bits per heavy atom. The van der Waals surface area contributed by atoms with Crippen molar-refractivity contribution in [2.45, 2.75) is 6.61 Å². The van der Waals surface area contributed by atoms with Gasteiger partial charge in [0, 0.05) is 29.4 Å². The summed E-state index contributed by atoms with van der Waals surface area (Å²) >= 11 is 0. The maximum atomic E-state index is 12.7. The fourth-order valence-electron chi connectivity index (χ4n) is 2.75. The van der Waals surface area contributed by atoms with Crippen LogP contribution in [0.25, 0.3) is 0 Å². The molecule has 0 spiro atoms. The first-order chi connectivity index (χ1) is 14.1. The first-order valence-corrected chi connectivity index (χ1v) is 9.02. The molecule has 1 N–H and O–H groups in total. The van der Waals surface area contributed by atoms with Gasteiger partial charge in [-0.2, -0.15) is 0 Å². The summed E-state index contributed by atoms with van der Waals surface area (Å²) in [6.45, 7) is 0.409. The average molecular weight is 393 g/mol. The van der Waals surface area contributed by atoms with Crippen molar-refractivity contribution in [1.29, 1.82) is 0 Å². The van der Waals surface area contributed by atoms with Crippen LogP contribution in [0.5, 0.6) is 23.0 Å². The molecule has 6 heteroatoms. The predicted molar refractivity (Wildman–Crippen MR) is 111 cm³/mol. The van der Waals surface area contributed by atoms with E-state index in [0.717, 1.165) is 5.56 Å². The number of ether oxygens (including phenoxy) is 4. The van der Waals surface area contributed by atoms with Gasteiger partial charge in [0.1, 0.15) is 18.1 Å². The SMILES string of the molecule is COc1cc(NC(=O)c2ccc(OCc3ccccc3)c(OC)c2)cc(OC)c1. The van der Waals surface area contributed by atoms with E-state index in [9.17, 15) is 4.79 Å². The third kappa shape index (κ3) is 5.19. The molecule has 0 atom stereocenters. The van der Waals surface area contributed by atoms with Gasteiger partial charge in [-0.1, -0.05) is 30.3 Å². The van der Waals surface area contributed by atoms with Crippen LogP contribution >= 0.6 is 0 Å². The van der Waals surface area contributed by atoms with Crippen LogP contribution in [-0.2, 0) is 6.61 Å². The van der Waals surface area contributed by atoms with Crippen molar-refractivity contribution in [3.63, 3.8) is 0 Å². The largest absolute Gasteiger partial charge is 0.497 e. The number of hydrogen-bond donors (Lipinski definition) is 1. The van der Waals surface area contributed by atoms with Crippen molar-refractivity contribution >= 4 is 11.6 Å². The lowest BCUT2D eigenvalue weighted by Gasteiger charge is -2.13. The second-order valence-electron chi connectivity index (χ2n) is 6.20. The highest BCUT2D eigenvalue weighted by molar-refractivity contribution is 6.04. The Morgan fingerprint density at radius 3 is 2.10 bits per heavy atom. The molecule has 0 aliphatic rings. The highest BCUT2D eigenvalue weighted by atomic mass is 16.5. The molecule has 0 aromatic heterocycles. The van der Waals surface area contributed by atoms with Crippen molar-refractivity contribution < 1.29 is 23.7 Å². The molecular formula is C23H23NO5. The molecule has 6 nitrogen and oxygen atoms in total. The van der Waals surface area contributed by atoms with Crippen LogP contribution in [0.1, 0.15) is 15.9 Å². The molecule has 0 radical (unpaired) electrons. The van der Waals surface area contributed by atoms with E-state index in [1.54, 1.807) is 57.7 Å². The standard InChI is InChI=1S/C23H23NO5/c1-26-19-12-18(13-20(14-19)27-2)24-23(25)17-9-10-21(22(11-17)28-3)29-15-16-7-5-4-6-8-16/h4-14H,15H2,1-3H3,(H,24,25). The number of nitrogens with one attached hydrogen (secondary N) is 1. The molecule has 0 fully saturated rings. The summed E-state index contributed by atoms with van der Waals surface area (Å²) in [5, 5.41) is 2.84. The van der Waals surface area contributed by atoms with E-state index >= 15 is 0 Å². The van der Waals surface area contributed by atoms with Crippen LogP contribution in [0.2, 0.25) is 0 Å². The van der Waals surface area contributed by atoms with Crippen LogP contribution in [-0.4, -0.2) is 27.2 Å². The van der Waals surface area contributed by atoms with E-state index in [2.05, 4.69) is 5.32 Å². The molecule has 1 amide bonds. The summed E-state index contributed by atoms with van der Waals surface area (Å²) in [5.74, 6) is 1.93. The number of rotatable bonds is 8. The van der Waals surface area contributed by atoms with Crippen molar-refractivity contribution in [2.75, 3.05) is 26.6 Å². The molecule has 0 saturated carbocycles. The smallest absolute Gasteiger partial charge is 0.255 e. The third-order valence-corrected chi connectivity index (χ3v) is 4.27. The monoisotopic (exact) mass is 393 g/mol. The van der Waals surface area contributed by atoms with E-state index in [1.165, 1.54) is 0 Å². The van der Waals surface area contributed by atoms with E-state index in [4.69, 9.17) is 18.9 Å². The number of methoxy groups -OCH3 is 3. The number of carbonyl (C=O) groups excluding carboxylic acids is 1. The summed E-state index contributed by atoms with van der Waals surface area (Å²) < 4.78 is 21.7. The topological polar surface area (TPSA) is 66.0 Å². The number of amides is 1. The normalized spacial score (nSPS) is 10.2. The first kappa shape index (κ1) is 20.1. The lowest BCUT2D eigenvalue weighted by atomic mass is 10.1. The van der Waals surface area contributed by atoms with Crippen LogP contribution < -0.4 is 24.3 Å². The molecule has 0 heterocycles. The number of hydrogen-bond acceptors (Lipinski definition) is 5. The van der Waals surface area contributed by atoms with Crippen molar-refractivity contribution in [3.05, 3.63) is 77.9 Å². The quantitative estimate of drug-likeness (QED) is 0.608. The molecule has 3 aromatic carbocycles. The minimum Gasteiger partial charge on any atom is -0.497 e. The number of anilines is 1. The lowest BCUT2D eigenvalue weighted by molar-refractivity contribution is 0.102. The van der Waals surface area contributed by atoms with Crippen molar-refractivity contribution in [2.24, 2.45) is 0 Å². The minimum atomic E-state index is -0.284. The van der Waals surface area contributed by atoms with E-state index < -0.39 is 0 Å². The van der Waals surface area contributed by atoms with Gasteiger partial charge in [-0.3, -0.25) is 4.79 Å². The predicted octanol–water partition coefficient (Wildman–Crippen LogP) is 4.54. The molecule has 0 aliphatic heterocycles. The fourth-order valence-corrected chi connectivity index (χ4v) is 2.75. The molecule has 0 bridgehead atoms. The summed E-state index contributed by atoms with van der Waals surface area (Å²) in [4.78, 5) is 12.7. The van der Waals surface area contributed by atoms with E-state index in [1.807, 2.05) is 30.3 Å². The molecule has 3 aromatic rings. The van der Waals surface area contributed by atoms with Gasteiger partial charge in [0.05, 0.1) is 21.3 Å². The van der Waals surface area contributed by atoms with Crippen LogP contribution in [0.15, 0.2) is 66.7 Å². The fraction of sp³-hybridized carbons (Fsp3) is 0.174. The molecule has 0 aliphatic carbocycles. The maximum Gasteiger partial charge on any atom is 0.255 e. The molecular weight excluding hydrogens is 370 g/mol. The lowest BCUT2D eigenvalue weighted by Crippen LogP contribution is -2.12. The summed E-state index contributed by atoms with van der Waals surface area (Å²) in [6, 6.07) is 20.1. The Balaban J connectivity index is 1.74. The van der Waals surface area contributed by atoms with Gasteiger partial charge in [-0.15, -0.1) is 0 Å². The van der Waals surface area contributed by atoms with Gasteiger partial charge in [0.2, 0.25) is 0 Å². The Hall–Kier alpha value is -3.67. The second-order valence-corrected chi connectivity index (χ2v) is 6.20. The van der Waals surface area contributed by atoms with Gasteiger partial charge < -0.3 is 24.3 Å². The minimum absolute atomic E-state index is 0.284. The number of benzene rings is 3. The van der Waals surface area contributed by atoms with Gasteiger partial charge in [0.25, 0.3) is 5.91 Å². The van der Waals surface area contributed by atoms with Crippen molar-refractivity contribution in [1.82, 2.24) is 0 Å². The molecule has 3 rings (SSSR count). The van der Waals surface area contributed by atoms with Crippen LogP contribution in [0.3, 0.4) is 0 Å². The molecule has 0 unspecified atom stereocenters. The second kappa shape index (κ2) is 9.50. The molecule has 29 heavy (non-hydrogen) atoms. The maximum absolute atomic E-state index is 12.7. The zero-order valence-electron chi connectivity index (χ0n) is 16.6. The Kier molecular flexibility index (Phi) is 6.58. The highest BCUT2D eigenvalue weighted by Gasteiger charge is 2.13. The van der Waals surface area contributed by atoms with E-state index in [0.29, 0.717) is 40.9 Å². The summed E-state index contributed by atoms with van der Waals surface area (Å²) in [7, 11) is 4.65. The highest BCUT2D eigenvalue weighted by Crippen LogP contribution is 2.30. The van der Waals surface area contributed by atoms with E-state index in [-0.39, 0.29) is 5.91 Å². The van der Waals surface area contributed by atoms with Gasteiger partial charge in [-0.05, 0) is 23.8 Å². The van der Waals surface area contributed by atoms with Gasteiger partial charge in [-0.25, -0.2) is 0 Å². The molecule has 150 valence electrons. The Morgan fingerprint density at radius 1 is 0.793 bits per heavy atom. The summed E-state index contributed by atoms with van der Waals surface area (Å²) in [6.07, 6.45) is 0. The van der Waals surface area contributed by atoms with Crippen molar-refractivity contribution in [3.8, 4) is 23.0 Å². The van der Waals surface area contributed by atoms with Crippen LogP contribution in [0.4, 0.5) is 5.69 Å². The van der Waals surface area contributed by atoms with Crippen LogP contribution in [0, 0.1) is 0 Å².